The van der Waals surface area contributed by atoms with Gasteiger partial charge >= 0.3 is 0 Å². The maximum atomic E-state index is 12.4. The number of likely N-dealkylation sites (tertiary alicyclic amines) is 1. The molecule has 2 aliphatic rings. The van der Waals surface area contributed by atoms with E-state index in [-0.39, 0.29) is 5.91 Å². The maximum Gasteiger partial charge on any atom is 0.266 e. The van der Waals surface area contributed by atoms with E-state index in [0.29, 0.717) is 6.42 Å². The number of hydrogen-bond donors (Lipinski definition) is 0. The first-order valence-electron chi connectivity index (χ1n) is 7.44. The van der Waals surface area contributed by atoms with Gasteiger partial charge in [-0.2, -0.15) is 0 Å². The second-order valence-electron chi connectivity index (χ2n) is 5.42. The topological polar surface area (TPSA) is 51.1 Å². The summed E-state index contributed by atoms with van der Waals surface area (Å²) < 4.78 is 5.34. The van der Waals surface area contributed by atoms with Gasteiger partial charge in [0.15, 0.2) is 0 Å². The molecule has 1 amide bonds. The smallest absolute Gasteiger partial charge is 0.266 e. The van der Waals surface area contributed by atoms with Crippen molar-refractivity contribution in [2.24, 2.45) is 5.16 Å². The van der Waals surface area contributed by atoms with Crippen LogP contribution in [0.1, 0.15) is 31.2 Å². The summed E-state index contributed by atoms with van der Waals surface area (Å²) in [5.41, 5.74) is 1.68. The molecule has 0 aromatic heterocycles. The maximum absolute atomic E-state index is 12.4. The van der Waals surface area contributed by atoms with E-state index in [0.717, 1.165) is 43.0 Å². The zero-order valence-electron chi connectivity index (χ0n) is 12.2. The highest BCUT2D eigenvalue weighted by Crippen LogP contribution is 2.25. The Labute approximate surface area is 124 Å². The number of carbonyl (C=O) groups excluding carboxylic acids is 1. The van der Waals surface area contributed by atoms with Crippen LogP contribution >= 0.6 is 0 Å². The van der Waals surface area contributed by atoms with Crippen molar-refractivity contribution in [2.45, 2.75) is 31.8 Å². The third-order valence-electron chi connectivity index (χ3n) is 4.03. The van der Waals surface area contributed by atoms with Crippen molar-refractivity contribution in [3.05, 3.63) is 29.8 Å². The molecular formula is C16H20N2O3. The monoisotopic (exact) mass is 288 g/mol. The quantitative estimate of drug-likeness (QED) is 0.856. The molecule has 1 fully saturated rings. The first kappa shape index (κ1) is 13.9. The Bertz CT molecular complexity index is 550. The normalized spacial score (nSPS) is 21.7. The number of hydrogen-bond acceptors (Lipinski definition) is 4. The van der Waals surface area contributed by atoms with Crippen LogP contribution in [0, 0.1) is 0 Å². The second-order valence-corrected chi connectivity index (χ2v) is 5.42. The van der Waals surface area contributed by atoms with Gasteiger partial charge in [-0.05, 0) is 31.4 Å². The van der Waals surface area contributed by atoms with Gasteiger partial charge in [0.2, 0.25) is 6.10 Å². The van der Waals surface area contributed by atoms with Gasteiger partial charge in [0.05, 0.1) is 12.8 Å². The van der Waals surface area contributed by atoms with Gasteiger partial charge in [-0.3, -0.25) is 4.79 Å². The number of nitrogens with zero attached hydrogens (tertiary/aromatic N) is 2. The lowest BCUT2D eigenvalue weighted by Crippen LogP contribution is -2.42. The van der Waals surface area contributed by atoms with Gasteiger partial charge in [0, 0.05) is 25.1 Å². The third-order valence-corrected chi connectivity index (χ3v) is 4.03. The number of oxime groups is 1. The highest BCUT2D eigenvalue weighted by atomic mass is 16.6. The van der Waals surface area contributed by atoms with E-state index in [1.165, 1.54) is 6.42 Å². The van der Waals surface area contributed by atoms with Crippen LogP contribution in [0.3, 0.4) is 0 Å². The summed E-state index contributed by atoms with van der Waals surface area (Å²) in [7, 11) is 1.63. The van der Waals surface area contributed by atoms with Gasteiger partial charge in [0.25, 0.3) is 5.91 Å². The number of ether oxygens (including phenoxy) is 1. The summed E-state index contributed by atoms with van der Waals surface area (Å²) in [5, 5.41) is 4.10. The molecule has 0 N–H and O–H groups in total. The predicted molar refractivity (Wildman–Crippen MR) is 79.5 cm³/mol. The fraction of sp³-hybridized carbons (Fsp3) is 0.500. The Morgan fingerprint density at radius 2 is 2.05 bits per heavy atom. The van der Waals surface area contributed by atoms with Crippen molar-refractivity contribution in [1.29, 1.82) is 0 Å². The predicted octanol–water partition coefficient (Wildman–Crippen LogP) is 2.20. The van der Waals surface area contributed by atoms with E-state index in [4.69, 9.17) is 9.57 Å². The van der Waals surface area contributed by atoms with E-state index in [1.807, 2.05) is 29.2 Å². The minimum Gasteiger partial charge on any atom is -0.496 e. The highest BCUT2D eigenvalue weighted by Gasteiger charge is 2.33. The van der Waals surface area contributed by atoms with Crippen LogP contribution in [0.25, 0.3) is 0 Å². The molecule has 112 valence electrons. The van der Waals surface area contributed by atoms with Gasteiger partial charge in [-0.15, -0.1) is 0 Å². The number of carbonyl (C=O) groups is 1. The van der Waals surface area contributed by atoms with Crippen LogP contribution in [0.4, 0.5) is 0 Å². The van der Waals surface area contributed by atoms with E-state index in [2.05, 4.69) is 5.16 Å². The number of para-hydroxylation sites is 1. The van der Waals surface area contributed by atoms with Crippen molar-refractivity contribution in [1.82, 2.24) is 4.90 Å². The van der Waals surface area contributed by atoms with Crippen molar-refractivity contribution < 1.29 is 14.4 Å². The minimum absolute atomic E-state index is 0.0587. The molecule has 0 spiro atoms. The molecule has 2 aliphatic heterocycles. The van der Waals surface area contributed by atoms with Gasteiger partial charge in [-0.1, -0.05) is 17.3 Å². The Hall–Kier alpha value is -2.04. The summed E-state index contributed by atoms with van der Waals surface area (Å²) >= 11 is 0. The molecule has 1 atom stereocenters. The van der Waals surface area contributed by atoms with Crippen LogP contribution in [-0.4, -0.2) is 42.8 Å². The standard InChI is InChI=1S/C16H20N2O3/c1-20-14-8-4-3-7-12(14)13-11-15(21-17-13)16(19)18-9-5-2-6-10-18/h3-4,7-8,15H,2,5-6,9-11H2,1H3. The van der Waals surface area contributed by atoms with Crippen LogP contribution < -0.4 is 4.74 Å². The molecule has 5 heteroatoms. The van der Waals surface area contributed by atoms with Crippen molar-refractivity contribution in [3.8, 4) is 5.75 Å². The number of rotatable bonds is 3. The molecule has 1 saturated heterocycles. The number of piperidine rings is 1. The lowest BCUT2D eigenvalue weighted by molar-refractivity contribution is -0.143. The van der Waals surface area contributed by atoms with Crippen LogP contribution in [0.2, 0.25) is 0 Å². The summed E-state index contributed by atoms with van der Waals surface area (Å²) in [6, 6.07) is 7.67. The molecule has 1 aromatic rings. The molecule has 5 nitrogen and oxygen atoms in total. The summed E-state index contributed by atoms with van der Waals surface area (Å²) in [5.74, 6) is 0.814. The van der Waals surface area contributed by atoms with E-state index in [9.17, 15) is 4.79 Å². The number of benzene rings is 1. The minimum atomic E-state index is -0.483. The fourth-order valence-corrected chi connectivity index (χ4v) is 2.87. The number of methoxy groups -OCH3 is 1. The molecule has 2 heterocycles. The third kappa shape index (κ3) is 2.86. The van der Waals surface area contributed by atoms with E-state index < -0.39 is 6.10 Å². The average molecular weight is 288 g/mol. The molecular weight excluding hydrogens is 268 g/mol. The zero-order valence-corrected chi connectivity index (χ0v) is 12.2. The summed E-state index contributed by atoms with van der Waals surface area (Å²) in [6.07, 6.45) is 3.40. The van der Waals surface area contributed by atoms with Gasteiger partial charge in [0.1, 0.15) is 5.75 Å². The molecule has 0 bridgehead atoms. The zero-order chi connectivity index (χ0) is 14.7. The summed E-state index contributed by atoms with van der Waals surface area (Å²) in [4.78, 5) is 19.7. The first-order valence-corrected chi connectivity index (χ1v) is 7.44. The number of amides is 1. The Balaban J connectivity index is 1.68. The van der Waals surface area contributed by atoms with Crippen LogP contribution in [-0.2, 0) is 9.63 Å². The Morgan fingerprint density at radius 3 is 2.81 bits per heavy atom. The highest BCUT2D eigenvalue weighted by molar-refractivity contribution is 6.05. The summed E-state index contributed by atoms with van der Waals surface area (Å²) in [6.45, 7) is 1.67. The molecule has 0 saturated carbocycles. The van der Waals surface area contributed by atoms with Crippen LogP contribution in [0.5, 0.6) is 5.75 Å². The van der Waals surface area contributed by atoms with Crippen molar-refractivity contribution in [3.63, 3.8) is 0 Å². The SMILES string of the molecule is COc1ccccc1C1=NOC(C(=O)N2CCCCC2)C1. The molecule has 21 heavy (non-hydrogen) atoms. The molecule has 0 aliphatic carbocycles. The lowest BCUT2D eigenvalue weighted by Gasteiger charge is -2.28. The average Bonchev–Trinajstić information content (AvgIpc) is 3.04. The fourth-order valence-electron chi connectivity index (χ4n) is 2.87. The molecule has 0 radical (unpaired) electrons. The second kappa shape index (κ2) is 6.16. The van der Waals surface area contributed by atoms with Gasteiger partial charge in [-0.25, -0.2) is 0 Å². The lowest BCUT2D eigenvalue weighted by atomic mass is 10.0. The molecule has 1 aromatic carbocycles. The largest absolute Gasteiger partial charge is 0.496 e. The van der Waals surface area contributed by atoms with E-state index in [1.54, 1.807) is 7.11 Å². The van der Waals surface area contributed by atoms with Crippen LogP contribution in [0.15, 0.2) is 29.4 Å². The van der Waals surface area contributed by atoms with Crippen molar-refractivity contribution >= 4 is 11.6 Å². The van der Waals surface area contributed by atoms with Gasteiger partial charge < -0.3 is 14.5 Å². The van der Waals surface area contributed by atoms with Crippen molar-refractivity contribution in [2.75, 3.05) is 20.2 Å². The van der Waals surface area contributed by atoms with E-state index >= 15 is 0 Å². The molecule has 3 rings (SSSR count). The first-order chi connectivity index (χ1) is 10.3. The molecule has 1 unspecified atom stereocenters. The Morgan fingerprint density at radius 1 is 1.29 bits per heavy atom. The Kier molecular flexibility index (Phi) is 4.08.